The zero-order valence-corrected chi connectivity index (χ0v) is 16.9. The summed E-state index contributed by atoms with van der Waals surface area (Å²) in [7, 11) is 0. The van der Waals surface area contributed by atoms with Crippen LogP contribution < -0.4 is 10.6 Å². The number of carbonyl (C=O) groups is 3. The molecule has 1 unspecified atom stereocenters. The summed E-state index contributed by atoms with van der Waals surface area (Å²) in [5.74, 6) is 0.792. The molecule has 1 atom stereocenters. The predicted octanol–water partition coefficient (Wildman–Crippen LogP) is 1.66. The third kappa shape index (κ3) is 4.28. The molecule has 8 nitrogen and oxygen atoms in total. The van der Waals surface area contributed by atoms with Crippen molar-refractivity contribution in [2.45, 2.75) is 44.8 Å². The Morgan fingerprint density at radius 3 is 2.87 bits per heavy atom. The number of hydrogen-bond donors (Lipinski definition) is 2. The SMILES string of the molecule is C#Cc1cnn(CCCCNc2cc(F)cc3c2CN(C2CCC(=O)NC2=O)C3=O)c1. The maximum absolute atomic E-state index is 14.2. The van der Waals surface area contributed by atoms with Gasteiger partial charge in [0.25, 0.3) is 5.91 Å². The molecule has 2 N–H and O–H groups in total. The van der Waals surface area contributed by atoms with Crippen LogP contribution in [-0.2, 0) is 22.7 Å². The molecule has 0 saturated carbocycles. The molecule has 1 saturated heterocycles. The standard InChI is InChI=1S/C22H22FN5O3/c1-2-14-11-25-27(12-14)8-4-3-7-24-18-10-15(23)9-16-17(18)13-28(22(16)31)19-5-6-20(29)26-21(19)30/h1,9-12,19,24H,3-8,13H2,(H,26,29,30). The molecule has 3 heterocycles. The Bertz CT molecular complexity index is 1090. The Kier molecular flexibility index (Phi) is 5.71. The molecule has 0 spiro atoms. The number of hydrogen-bond acceptors (Lipinski definition) is 5. The number of rotatable bonds is 7. The average Bonchev–Trinajstić information content (AvgIpc) is 3.33. The van der Waals surface area contributed by atoms with E-state index in [9.17, 15) is 18.8 Å². The maximum Gasteiger partial charge on any atom is 0.255 e. The lowest BCUT2D eigenvalue weighted by molar-refractivity contribution is -0.136. The summed E-state index contributed by atoms with van der Waals surface area (Å²) in [6.45, 7) is 1.50. The highest BCUT2D eigenvalue weighted by Gasteiger charge is 2.40. The van der Waals surface area contributed by atoms with Crippen molar-refractivity contribution in [1.82, 2.24) is 20.0 Å². The second kappa shape index (κ2) is 8.60. The zero-order chi connectivity index (χ0) is 22.0. The summed E-state index contributed by atoms with van der Waals surface area (Å²) >= 11 is 0. The lowest BCUT2D eigenvalue weighted by Crippen LogP contribution is -2.52. The van der Waals surface area contributed by atoms with E-state index >= 15 is 0 Å². The van der Waals surface area contributed by atoms with Gasteiger partial charge >= 0.3 is 0 Å². The van der Waals surface area contributed by atoms with E-state index in [2.05, 4.69) is 21.7 Å². The zero-order valence-electron chi connectivity index (χ0n) is 16.9. The number of carbonyl (C=O) groups excluding carboxylic acids is 3. The summed E-state index contributed by atoms with van der Waals surface area (Å²) in [6, 6.07) is 1.85. The highest BCUT2D eigenvalue weighted by molar-refractivity contribution is 6.06. The van der Waals surface area contributed by atoms with Gasteiger partial charge in [0.2, 0.25) is 11.8 Å². The fourth-order valence-corrected chi connectivity index (χ4v) is 3.97. The van der Waals surface area contributed by atoms with Gasteiger partial charge in [-0.15, -0.1) is 6.42 Å². The monoisotopic (exact) mass is 423 g/mol. The van der Waals surface area contributed by atoms with Gasteiger partial charge in [-0.3, -0.25) is 24.4 Å². The highest BCUT2D eigenvalue weighted by Crippen LogP contribution is 2.33. The number of amides is 3. The van der Waals surface area contributed by atoms with Crippen molar-refractivity contribution in [3.05, 3.63) is 47.0 Å². The third-order valence-electron chi connectivity index (χ3n) is 5.55. The van der Waals surface area contributed by atoms with Crippen LogP contribution in [0.2, 0.25) is 0 Å². The minimum absolute atomic E-state index is 0.176. The van der Waals surface area contributed by atoms with Gasteiger partial charge in [0.1, 0.15) is 11.9 Å². The number of unbranched alkanes of at least 4 members (excludes halogenated alkanes) is 1. The van der Waals surface area contributed by atoms with Crippen LogP contribution in [0.5, 0.6) is 0 Å². The molecule has 1 fully saturated rings. The number of imide groups is 1. The number of piperidine rings is 1. The summed E-state index contributed by atoms with van der Waals surface area (Å²) < 4.78 is 15.9. The van der Waals surface area contributed by atoms with Gasteiger partial charge in [0.05, 0.1) is 11.8 Å². The van der Waals surface area contributed by atoms with Gasteiger partial charge in [0.15, 0.2) is 0 Å². The van der Waals surface area contributed by atoms with Gasteiger partial charge in [-0.2, -0.15) is 5.10 Å². The molecule has 160 valence electrons. The first-order valence-electron chi connectivity index (χ1n) is 10.2. The van der Waals surface area contributed by atoms with Crippen molar-refractivity contribution < 1.29 is 18.8 Å². The molecule has 0 radical (unpaired) electrons. The second-order valence-electron chi connectivity index (χ2n) is 7.65. The number of anilines is 1. The largest absolute Gasteiger partial charge is 0.385 e. The molecule has 0 bridgehead atoms. The van der Waals surface area contributed by atoms with Crippen LogP contribution in [0, 0.1) is 18.2 Å². The Hall–Kier alpha value is -3.67. The van der Waals surface area contributed by atoms with Crippen LogP contribution >= 0.6 is 0 Å². The van der Waals surface area contributed by atoms with E-state index in [1.54, 1.807) is 10.9 Å². The lowest BCUT2D eigenvalue weighted by atomic mass is 10.0. The van der Waals surface area contributed by atoms with Crippen molar-refractivity contribution in [2.75, 3.05) is 11.9 Å². The minimum Gasteiger partial charge on any atom is -0.385 e. The summed E-state index contributed by atoms with van der Waals surface area (Å²) in [6.07, 6.45) is 10.9. The van der Waals surface area contributed by atoms with Crippen LogP contribution in [-0.4, -0.2) is 45.0 Å². The normalized spacial score (nSPS) is 18.0. The molecule has 1 aromatic heterocycles. The van der Waals surface area contributed by atoms with Crippen LogP contribution in [0.1, 0.15) is 47.2 Å². The lowest BCUT2D eigenvalue weighted by Gasteiger charge is -2.29. The van der Waals surface area contributed by atoms with Gasteiger partial charge in [-0.1, -0.05) is 5.92 Å². The first-order valence-corrected chi connectivity index (χ1v) is 10.2. The fraction of sp³-hybridized carbons (Fsp3) is 0.364. The maximum atomic E-state index is 14.2. The topological polar surface area (TPSA) is 96.3 Å². The van der Waals surface area contributed by atoms with E-state index in [0.29, 0.717) is 24.3 Å². The number of halogens is 1. The van der Waals surface area contributed by atoms with E-state index in [1.807, 2.05) is 6.20 Å². The molecule has 9 heteroatoms. The number of nitrogens with zero attached hydrogens (tertiary/aromatic N) is 3. The van der Waals surface area contributed by atoms with Crippen molar-refractivity contribution in [1.29, 1.82) is 0 Å². The molecular weight excluding hydrogens is 401 g/mol. The third-order valence-corrected chi connectivity index (χ3v) is 5.55. The minimum atomic E-state index is -0.726. The summed E-state index contributed by atoms with van der Waals surface area (Å²) in [5, 5.41) is 9.66. The molecular formula is C22H22FN5O3. The van der Waals surface area contributed by atoms with Crippen LogP contribution in [0.25, 0.3) is 0 Å². The quantitative estimate of drug-likeness (QED) is 0.401. The molecule has 2 aliphatic heterocycles. The van der Waals surface area contributed by atoms with Gasteiger partial charge in [0, 0.05) is 49.1 Å². The molecule has 4 rings (SSSR count). The number of nitrogens with one attached hydrogen (secondary N) is 2. The molecule has 2 aromatic rings. The van der Waals surface area contributed by atoms with Gasteiger partial charge in [-0.25, -0.2) is 4.39 Å². The highest BCUT2D eigenvalue weighted by atomic mass is 19.1. The first-order chi connectivity index (χ1) is 15.0. The van der Waals surface area contributed by atoms with Crippen molar-refractivity contribution in [2.24, 2.45) is 0 Å². The van der Waals surface area contributed by atoms with Crippen LogP contribution in [0.3, 0.4) is 0 Å². The number of fused-ring (bicyclic) bond motifs is 1. The Morgan fingerprint density at radius 1 is 1.29 bits per heavy atom. The molecule has 31 heavy (non-hydrogen) atoms. The van der Waals surface area contributed by atoms with E-state index in [4.69, 9.17) is 6.42 Å². The predicted molar refractivity (Wildman–Crippen MR) is 110 cm³/mol. The first kappa shape index (κ1) is 20.6. The number of aromatic nitrogens is 2. The van der Waals surface area contributed by atoms with E-state index in [1.165, 1.54) is 17.0 Å². The average molecular weight is 423 g/mol. The molecule has 2 aliphatic rings. The van der Waals surface area contributed by atoms with E-state index in [-0.39, 0.29) is 30.9 Å². The summed E-state index contributed by atoms with van der Waals surface area (Å²) in [4.78, 5) is 37.8. The van der Waals surface area contributed by atoms with Crippen molar-refractivity contribution >= 4 is 23.4 Å². The van der Waals surface area contributed by atoms with Crippen LogP contribution in [0.15, 0.2) is 24.5 Å². The fourth-order valence-electron chi connectivity index (χ4n) is 3.97. The number of benzene rings is 1. The van der Waals surface area contributed by atoms with Crippen LogP contribution in [0.4, 0.5) is 10.1 Å². The van der Waals surface area contributed by atoms with Crippen molar-refractivity contribution in [3.8, 4) is 12.3 Å². The van der Waals surface area contributed by atoms with Crippen molar-refractivity contribution in [3.63, 3.8) is 0 Å². The Labute approximate surface area is 178 Å². The summed E-state index contributed by atoms with van der Waals surface area (Å²) in [5.41, 5.74) is 2.21. The number of aryl methyl sites for hydroxylation is 1. The molecule has 3 amide bonds. The second-order valence-corrected chi connectivity index (χ2v) is 7.65. The smallest absolute Gasteiger partial charge is 0.255 e. The Balaban J connectivity index is 1.38. The molecule has 0 aliphatic carbocycles. The Morgan fingerprint density at radius 2 is 2.13 bits per heavy atom. The van der Waals surface area contributed by atoms with Gasteiger partial charge in [-0.05, 0) is 31.4 Å². The van der Waals surface area contributed by atoms with Gasteiger partial charge < -0.3 is 10.2 Å². The molecule has 1 aromatic carbocycles. The van der Waals surface area contributed by atoms with E-state index < -0.39 is 23.7 Å². The number of terminal acetylenes is 1. The van der Waals surface area contributed by atoms with E-state index in [0.717, 1.165) is 18.4 Å².